The molecule has 0 aliphatic carbocycles. The number of carboxylic acid groups (broad SMARTS) is 1. The van der Waals surface area contributed by atoms with Gasteiger partial charge in [-0.1, -0.05) is 13.8 Å². The summed E-state index contributed by atoms with van der Waals surface area (Å²) in [5.41, 5.74) is 5.60. The molecule has 2 atom stereocenters. The Labute approximate surface area is 90.2 Å². The first-order valence-electron chi connectivity index (χ1n) is 5.21. The van der Waals surface area contributed by atoms with E-state index >= 15 is 0 Å². The fraction of sp³-hybridized carbons (Fsp3) is 0.800. The number of carbonyl (C=O) groups excluding carboxylic acids is 1. The molecular formula is C10H20N2O3. The van der Waals surface area contributed by atoms with E-state index < -0.39 is 12.0 Å². The predicted molar refractivity (Wildman–Crippen MR) is 57.4 cm³/mol. The lowest BCUT2D eigenvalue weighted by Crippen LogP contribution is -2.49. The largest absolute Gasteiger partial charge is 0.480 e. The lowest BCUT2D eigenvalue weighted by atomic mass is 10.1. The topological polar surface area (TPSA) is 83.6 Å². The monoisotopic (exact) mass is 216 g/mol. The fourth-order valence-electron chi connectivity index (χ4n) is 1.20. The van der Waals surface area contributed by atoms with Gasteiger partial charge < -0.3 is 15.7 Å². The Kier molecular flexibility index (Phi) is 5.93. The highest BCUT2D eigenvalue weighted by Gasteiger charge is 2.25. The second-order valence-electron chi connectivity index (χ2n) is 3.63. The van der Waals surface area contributed by atoms with Gasteiger partial charge in [0.2, 0.25) is 5.91 Å². The molecule has 88 valence electrons. The number of aliphatic carboxylic acids is 1. The van der Waals surface area contributed by atoms with Crippen molar-refractivity contribution in [2.24, 2.45) is 5.73 Å². The van der Waals surface area contributed by atoms with Gasteiger partial charge in [-0.3, -0.25) is 9.59 Å². The van der Waals surface area contributed by atoms with Crippen LogP contribution in [0.5, 0.6) is 0 Å². The molecule has 0 aliphatic rings. The molecule has 0 aromatic carbocycles. The van der Waals surface area contributed by atoms with Crippen LogP contribution in [0, 0.1) is 0 Å². The number of carboxylic acids is 1. The Morgan fingerprint density at radius 1 is 1.33 bits per heavy atom. The average molecular weight is 216 g/mol. The number of rotatable bonds is 6. The zero-order valence-corrected chi connectivity index (χ0v) is 9.56. The summed E-state index contributed by atoms with van der Waals surface area (Å²) in [5, 5.41) is 8.70. The molecule has 5 nitrogen and oxygen atoms in total. The third kappa shape index (κ3) is 4.29. The van der Waals surface area contributed by atoms with Crippen LogP contribution in [0.1, 0.15) is 33.6 Å². The summed E-state index contributed by atoms with van der Waals surface area (Å²) in [5.74, 6) is -1.29. The molecule has 0 heterocycles. The quantitative estimate of drug-likeness (QED) is 0.674. The van der Waals surface area contributed by atoms with Gasteiger partial charge in [0.25, 0.3) is 0 Å². The van der Waals surface area contributed by atoms with Crippen LogP contribution in [0.4, 0.5) is 0 Å². The van der Waals surface area contributed by atoms with Crippen molar-refractivity contribution in [3.8, 4) is 0 Å². The van der Waals surface area contributed by atoms with E-state index in [9.17, 15) is 9.59 Å². The summed E-state index contributed by atoms with van der Waals surface area (Å²) in [6.45, 7) is 5.26. The van der Waals surface area contributed by atoms with Crippen molar-refractivity contribution >= 4 is 11.9 Å². The molecule has 1 amide bonds. The molecule has 0 rings (SSSR count). The van der Waals surface area contributed by atoms with Crippen LogP contribution in [0.3, 0.4) is 0 Å². The van der Waals surface area contributed by atoms with Gasteiger partial charge in [-0.15, -0.1) is 0 Å². The van der Waals surface area contributed by atoms with Crippen LogP contribution in [-0.2, 0) is 9.59 Å². The highest BCUT2D eigenvalue weighted by molar-refractivity contribution is 5.85. The number of hydrogen-bond acceptors (Lipinski definition) is 3. The minimum absolute atomic E-state index is 0.0915. The number of nitrogens with two attached hydrogens (primary N) is 1. The number of hydrogen-bond donors (Lipinski definition) is 2. The van der Waals surface area contributed by atoms with E-state index in [1.54, 1.807) is 6.92 Å². The molecule has 0 aliphatic heterocycles. The van der Waals surface area contributed by atoms with Crippen molar-refractivity contribution in [2.45, 2.75) is 45.7 Å². The van der Waals surface area contributed by atoms with E-state index in [1.807, 2.05) is 13.8 Å². The van der Waals surface area contributed by atoms with Gasteiger partial charge in [0.1, 0.15) is 6.54 Å². The minimum atomic E-state index is -1.01. The Hall–Kier alpha value is -1.10. The maximum atomic E-state index is 11.7. The first kappa shape index (κ1) is 13.9. The molecule has 0 aromatic heterocycles. The van der Waals surface area contributed by atoms with E-state index in [2.05, 4.69) is 0 Å². The summed E-state index contributed by atoms with van der Waals surface area (Å²) >= 11 is 0. The van der Waals surface area contributed by atoms with Crippen LogP contribution in [0.25, 0.3) is 0 Å². The first-order valence-corrected chi connectivity index (χ1v) is 5.21. The molecule has 3 N–H and O–H groups in total. The zero-order chi connectivity index (χ0) is 12.0. The lowest BCUT2D eigenvalue weighted by molar-refractivity contribution is -0.146. The molecule has 0 spiro atoms. The highest BCUT2D eigenvalue weighted by Crippen LogP contribution is 2.06. The first-order chi connectivity index (χ1) is 6.93. The van der Waals surface area contributed by atoms with E-state index in [0.717, 1.165) is 6.42 Å². The van der Waals surface area contributed by atoms with E-state index in [-0.39, 0.29) is 18.5 Å². The van der Waals surface area contributed by atoms with Gasteiger partial charge in [-0.2, -0.15) is 0 Å². The molecule has 0 bridgehead atoms. The Balaban J connectivity index is 4.61. The van der Waals surface area contributed by atoms with Crippen molar-refractivity contribution in [1.29, 1.82) is 0 Å². The zero-order valence-electron chi connectivity index (χ0n) is 9.56. The van der Waals surface area contributed by atoms with Crippen molar-refractivity contribution < 1.29 is 14.7 Å². The van der Waals surface area contributed by atoms with Crippen molar-refractivity contribution in [2.75, 3.05) is 6.54 Å². The molecule has 0 aromatic rings. The Morgan fingerprint density at radius 2 is 1.87 bits per heavy atom. The molecule has 1 unspecified atom stereocenters. The van der Waals surface area contributed by atoms with Crippen molar-refractivity contribution in [1.82, 2.24) is 4.90 Å². The Morgan fingerprint density at radius 3 is 2.20 bits per heavy atom. The van der Waals surface area contributed by atoms with Gasteiger partial charge in [0.05, 0.1) is 6.04 Å². The second-order valence-corrected chi connectivity index (χ2v) is 3.63. The van der Waals surface area contributed by atoms with Crippen LogP contribution in [-0.4, -0.2) is 40.5 Å². The maximum absolute atomic E-state index is 11.7. The smallest absolute Gasteiger partial charge is 0.323 e. The van der Waals surface area contributed by atoms with Crippen LogP contribution >= 0.6 is 0 Å². The number of carbonyl (C=O) groups is 2. The molecule has 0 radical (unpaired) electrons. The Bertz CT molecular complexity index is 231. The molecule has 15 heavy (non-hydrogen) atoms. The number of amides is 1. The van der Waals surface area contributed by atoms with Gasteiger partial charge in [0.15, 0.2) is 0 Å². The van der Waals surface area contributed by atoms with Crippen LogP contribution in [0.2, 0.25) is 0 Å². The van der Waals surface area contributed by atoms with E-state index in [1.165, 1.54) is 4.90 Å². The van der Waals surface area contributed by atoms with E-state index in [4.69, 9.17) is 10.8 Å². The van der Waals surface area contributed by atoms with Gasteiger partial charge in [-0.05, 0) is 19.8 Å². The number of nitrogens with zero attached hydrogens (tertiary/aromatic N) is 1. The molecule has 5 heteroatoms. The second kappa shape index (κ2) is 6.40. The van der Waals surface area contributed by atoms with E-state index in [0.29, 0.717) is 6.42 Å². The van der Waals surface area contributed by atoms with Crippen molar-refractivity contribution in [3.05, 3.63) is 0 Å². The minimum Gasteiger partial charge on any atom is -0.480 e. The summed E-state index contributed by atoms with van der Waals surface area (Å²) in [4.78, 5) is 23.7. The molecular weight excluding hydrogens is 196 g/mol. The fourth-order valence-corrected chi connectivity index (χ4v) is 1.20. The van der Waals surface area contributed by atoms with Crippen LogP contribution < -0.4 is 5.73 Å². The SMILES string of the molecule is CCC(C)N(CC(=O)O)C(=O)[C@@H](N)CC. The standard InChI is InChI=1S/C10H20N2O3/c1-4-7(3)12(6-9(13)14)10(15)8(11)5-2/h7-8H,4-6,11H2,1-3H3,(H,13,14)/t7?,8-/m0/s1. The maximum Gasteiger partial charge on any atom is 0.323 e. The summed E-state index contributed by atoms with van der Waals surface area (Å²) in [6, 6.07) is -0.690. The molecule has 0 saturated heterocycles. The van der Waals surface area contributed by atoms with Gasteiger partial charge >= 0.3 is 5.97 Å². The highest BCUT2D eigenvalue weighted by atomic mass is 16.4. The molecule has 0 saturated carbocycles. The summed E-state index contributed by atoms with van der Waals surface area (Å²) < 4.78 is 0. The van der Waals surface area contributed by atoms with Crippen molar-refractivity contribution in [3.63, 3.8) is 0 Å². The normalized spacial score (nSPS) is 14.4. The third-order valence-electron chi connectivity index (χ3n) is 2.47. The summed E-state index contributed by atoms with van der Waals surface area (Å²) in [6.07, 6.45) is 1.24. The van der Waals surface area contributed by atoms with Gasteiger partial charge in [-0.25, -0.2) is 0 Å². The third-order valence-corrected chi connectivity index (χ3v) is 2.47. The lowest BCUT2D eigenvalue weighted by Gasteiger charge is -2.29. The predicted octanol–water partition coefficient (Wildman–Crippen LogP) is 0.435. The van der Waals surface area contributed by atoms with Gasteiger partial charge in [0, 0.05) is 6.04 Å². The van der Waals surface area contributed by atoms with Crippen LogP contribution in [0.15, 0.2) is 0 Å². The average Bonchev–Trinajstić information content (AvgIpc) is 2.22. The summed E-state index contributed by atoms with van der Waals surface area (Å²) in [7, 11) is 0. The molecule has 0 fully saturated rings.